The van der Waals surface area contributed by atoms with Crippen molar-refractivity contribution in [2.24, 2.45) is 5.92 Å². The van der Waals surface area contributed by atoms with Crippen LogP contribution >= 0.6 is 0 Å². The number of hydrogen-bond acceptors (Lipinski definition) is 6. The molecular formula is C27H23FN6O3. The first-order chi connectivity index (χ1) is 18.1. The Morgan fingerprint density at radius 1 is 0.973 bits per heavy atom. The van der Waals surface area contributed by atoms with Gasteiger partial charge in [-0.05, 0) is 49.1 Å². The molecule has 1 saturated carbocycles. The molecular weight excluding hydrogens is 475 g/mol. The van der Waals surface area contributed by atoms with Crippen molar-refractivity contribution >= 4 is 0 Å². The molecule has 1 aliphatic carbocycles. The van der Waals surface area contributed by atoms with Crippen LogP contribution in [0.3, 0.4) is 0 Å². The van der Waals surface area contributed by atoms with Gasteiger partial charge in [-0.1, -0.05) is 18.2 Å². The Kier molecular flexibility index (Phi) is 5.76. The predicted octanol–water partition coefficient (Wildman–Crippen LogP) is 4.21. The normalized spacial score (nSPS) is 13.0. The van der Waals surface area contributed by atoms with Crippen LogP contribution in [0.4, 0.5) is 4.39 Å². The minimum Gasteiger partial charge on any atom is -0.491 e. The molecule has 9 nitrogen and oxygen atoms in total. The first kappa shape index (κ1) is 22.7. The maximum atomic E-state index is 15.5. The van der Waals surface area contributed by atoms with Crippen molar-refractivity contribution in [1.29, 1.82) is 0 Å². The highest BCUT2D eigenvalue weighted by Crippen LogP contribution is 2.30. The van der Waals surface area contributed by atoms with Crippen molar-refractivity contribution in [3.63, 3.8) is 0 Å². The van der Waals surface area contributed by atoms with Crippen molar-refractivity contribution in [3.05, 3.63) is 95.3 Å². The largest absolute Gasteiger partial charge is 0.491 e. The van der Waals surface area contributed by atoms with Gasteiger partial charge in [0.25, 0.3) is 5.43 Å². The zero-order chi connectivity index (χ0) is 25.4. The lowest BCUT2D eigenvalue weighted by atomic mass is 10.2. The minimum atomic E-state index is -0.554. The quantitative estimate of drug-likeness (QED) is 0.319. The monoisotopic (exact) mass is 498 g/mol. The molecule has 10 heteroatoms. The van der Waals surface area contributed by atoms with Crippen molar-refractivity contribution in [3.8, 4) is 40.1 Å². The van der Waals surface area contributed by atoms with Gasteiger partial charge in [-0.2, -0.15) is 15.3 Å². The van der Waals surface area contributed by atoms with Gasteiger partial charge in [-0.3, -0.25) is 4.79 Å². The van der Waals surface area contributed by atoms with E-state index in [9.17, 15) is 4.79 Å². The van der Waals surface area contributed by atoms with Gasteiger partial charge in [0.05, 0.1) is 49.4 Å². The van der Waals surface area contributed by atoms with E-state index in [1.54, 1.807) is 46.0 Å². The molecule has 1 fully saturated rings. The molecule has 0 amide bonds. The molecule has 0 spiro atoms. The molecule has 37 heavy (non-hydrogen) atoms. The van der Waals surface area contributed by atoms with E-state index in [2.05, 4.69) is 15.3 Å². The molecule has 6 rings (SSSR count). The van der Waals surface area contributed by atoms with E-state index in [1.807, 2.05) is 30.3 Å². The van der Waals surface area contributed by atoms with Gasteiger partial charge in [0.15, 0.2) is 17.3 Å². The number of ether oxygens (including phenoxy) is 2. The van der Waals surface area contributed by atoms with Gasteiger partial charge in [0.1, 0.15) is 5.69 Å². The van der Waals surface area contributed by atoms with Crippen LogP contribution in [0, 0.1) is 11.7 Å². The lowest BCUT2D eigenvalue weighted by Crippen LogP contribution is -2.18. The third-order valence-electron chi connectivity index (χ3n) is 6.19. The topological polar surface area (TPSA) is 89.0 Å². The minimum absolute atomic E-state index is 0.0251. The van der Waals surface area contributed by atoms with E-state index < -0.39 is 11.2 Å². The summed E-state index contributed by atoms with van der Waals surface area (Å²) in [5.74, 6) is 0.606. The van der Waals surface area contributed by atoms with Crippen LogP contribution in [0.25, 0.3) is 28.5 Å². The zero-order valence-corrected chi connectivity index (χ0v) is 20.0. The predicted molar refractivity (Wildman–Crippen MR) is 134 cm³/mol. The van der Waals surface area contributed by atoms with Gasteiger partial charge in [0, 0.05) is 12.1 Å². The maximum Gasteiger partial charge on any atom is 0.251 e. The molecule has 0 bridgehead atoms. The Balaban J connectivity index is 1.39. The number of rotatable bonds is 8. The lowest BCUT2D eigenvalue weighted by Gasteiger charge is -2.14. The second-order valence-corrected chi connectivity index (χ2v) is 8.75. The Bertz CT molecular complexity index is 1620. The van der Waals surface area contributed by atoms with Crippen LogP contribution in [0.1, 0.15) is 12.8 Å². The molecule has 0 radical (unpaired) electrons. The number of methoxy groups -OCH3 is 1. The lowest BCUT2D eigenvalue weighted by molar-refractivity contribution is 0.280. The standard InChI is InChI=1S/C27H23FN6O3/c1-36-24-16-32(31-26(27(24)35)23-11-13-29-33(23)19-5-3-2-4-6-19)22-10-9-20(15-21(22)28)34-25(12-14-30-34)37-17-18-7-8-18/h2-6,9-16,18H,7-8,17H2,1H3. The molecule has 0 atom stereocenters. The summed E-state index contributed by atoms with van der Waals surface area (Å²) in [7, 11) is 1.39. The van der Waals surface area contributed by atoms with Crippen molar-refractivity contribution < 1.29 is 13.9 Å². The molecule has 5 aromatic rings. The highest BCUT2D eigenvalue weighted by Gasteiger charge is 2.23. The van der Waals surface area contributed by atoms with Crippen molar-refractivity contribution in [2.45, 2.75) is 12.8 Å². The van der Waals surface area contributed by atoms with E-state index >= 15 is 4.39 Å². The summed E-state index contributed by atoms with van der Waals surface area (Å²) in [4.78, 5) is 13.2. The van der Waals surface area contributed by atoms with Crippen LogP contribution in [-0.2, 0) is 0 Å². The number of aromatic nitrogens is 6. The van der Waals surface area contributed by atoms with Crippen LogP contribution < -0.4 is 14.9 Å². The van der Waals surface area contributed by atoms with Crippen LogP contribution in [0.15, 0.2) is 84.0 Å². The smallest absolute Gasteiger partial charge is 0.251 e. The molecule has 0 saturated heterocycles. The summed E-state index contributed by atoms with van der Waals surface area (Å²) in [5, 5.41) is 13.1. The number of hydrogen-bond donors (Lipinski definition) is 0. The van der Waals surface area contributed by atoms with E-state index in [1.165, 1.54) is 36.9 Å². The fraction of sp³-hybridized carbons (Fsp3) is 0.185. The second-order valence-electron chi connectivity index (χ2n) is 8.75. The van der Waals surface area contributed by atoms with Gasteiger partial charge in [-0.15, -0.1) is 0 Å². The number of nitrogens with zero attached hydrogens (tertiary/aromatic N) is 6. The Labute approximate surface area is 211 Å². The first-order valence-electron chi connectivity index (χ1n) is 11.9. The molecule has 0 unspecified atom stereocenters. The molecule has 1 aliphatic rings. The molecule has 186 valence electrons. The zero-order valence-electron chi connectivity index (χ0n) is 20.0. The van der Waals surface area contributed by atoms with Gasteiger partial charge in [-0.25, -0.2) is 18.4 Å². The Morgan fingerprint density at radius 3 is 2.51 bits per heavy atom. The van der Waals surface area contributed by atoms with Crippen LogP contribution in [0.5, 0.6) is 11.6 Å². The summed E-state index contributed by atoms with van der Waals surface area (Å²) >= 11 is 0. The fourth-order valence-electron chi connectivity index (χ4n) is 4.06. The summed E-state index contributed by atoms with van der Waals surface area (Å²) in [6.45, 7) is 0.621. The summed E-state index contributed by atoms with van der Waals surface area (Å²) in [6, 6.07) is 17.5. The first-order valence-corrected chi connectivity index (χ1v) is 11.9. The number of benzene rings is 2. The Morgan fingerprint density at radius 2 is 1.76 bits per heavy atom. The molecule has 0 N–H and O–H groups in total. The van der Waals surface area contributed by atoms with Gasteiger partial charge < -0.3 is 9.47 Å². The third kappa shape index (κ3) is 4.37. The van der Waals surface area contributed by atoms with E-state index in [0.717, 1.165) is 5.69 Å². The van der Waals surface area contributed by atoms with Crippen molar-refractivity contribution in [2.75, 3.05) is 13.7 Å². The Hall–Kier alpha value is -4.73. The highest BCUT2D eigenvalue weighted by molar-refractivity contribution is 5.59. The van der Waals surface area contributed by atoms with E-state index in [-0.39, 0.29) is 17.1 Å². The number of halogens is 1. The SMILES string of the molecule is COc1cn(-c2ccc(-n3nccc3OCC3CC3)cc2F)nc(-c2ccnn2-c2ccccc2)c1=O. The second kappa shape index (κ2) is 9.38. The van der Waals surface area contributed by atoms with Crippen LogP contribution in [0.2, 0.25) is 0 Å². The molecule has 2 aromatic carbocycles. The molecule has 3 heterocycles. The summed E-state index contributed by atoms with van der Waals surface area (Å²) in [6.07, 6.45) is 6.90. The number of para-hydroxylation sites is 1. The fourth-order valence-corrected chi connectivity index (χ4v) is 4.06. The molecule has 3 aromatic heterocycles. The summed E-state index contributed by atoms with van der Waals surface area (Å²) < 4.78 is 31.1. The maximum absolute atomic E-state index is 15.5. The molecule has 0 aliphatic heterocycles. The third-order valence-corrected chi connectivity index (χ3v) is 6.19. The van der Waals surface area contributed by atoms with Crippen LogP contribution in [-0.4, -0.2) is 43.1 Å². The average molecular weight is 499 g/mol. The average Bonchev–Trinajstić information content (AvgIpc) is 3.42. The van der Waals surface area contributed by atoms with Gasteiger partial charge in [0.2, 0.25) is 5.88 Å². The van der Waals surface area contributed by atoms with E-state index in [4.69, 9.17) is 9.47 Å². The van der Waals surface area contributed by atoms with Gasteiger partial charge >= 0.3 is 0 Å². The van der Waals surface area contributed by atoms with Crippen molar-refractivity contribution in [1.82, 2.24) is 29.3 Å². The van der Waals surface area contributed by atoms with E-state index in [0.29, 0.717) is 29.8 Å². The summed E-state index contributed by atoms with van der Waals surface area (Å²) in [5.41, 5.74) is 1.51. The highest BCUT2D eigenvalue weighted by atomic mass is 19.1.